The van der Waals surface area contributed by atoms with Crippen LogP contribution in [0, 0.1) is 13.8 Å². The number of benzene rings is 2. The van der Waals surface area contributed by atoms with Gasteiger partial charge in [-0.2, -0.15) is 0 Å². The predicted octanol–water partition coefficient (Wildman–Crippen LogP) is 3.55. The molecule has 2 heteroatoms. The third-order valence-electron chi connectivity index (χ3n) is 4.36. The summed E-state index contributed by atoms with van der Waals surface area (Å²) in [6.07, 6.45) is 1.06. The summed E-state index contributed by atoms with van der Waals surface area (Å²) in [5.41, 5.74) is 6.90. The molecule has 2 aromatic carbocycles. The van der Waals surface area contributed by atoms with Crippen molar-refractivity contribution in [2.45, 2.75) is 26.3 Å². The van der Waals surface area contributed by atoms with Crippen LogP contribution in [0.5, 0.6) is 5.75 Å². The molecule has 1 atom stereocenters. The van der Waals surface area contributed by atoms with Gasteiger partial charge in [-0.05, 0) is 60.2 Å². The average Bonchev–Trinajstić information content (AvgIpc) is 2.49. The van der Waals surface area contributed by atoms with Gasteiger partial charge in [0.2, 0.25) is 0 Å². The average molecular weight is 267 g/mol. The fraction of sp³-hybridized carbons (Fsp3) is 0.333. The molecule has 2 nitrogen and oxygen atoms in total. The maximum Gasteiger partial charge on any atom is 0.119 e. The first-order valence-corrected chi connectivity index (χ1v) is 7.17. The molecule has 1 unspecified atom stereocenters. The van der Waals surface area contributed by atoms with Gasteiger partial charge >= 0.3 is 0 Å². The molecule has 1 aliphatic rings. The Morgan fingerprint density at radius 2 is 1.95 bits per heavy atom. The number of hydrogen-bond donors (Lipinski definition) is 1. The summed E-state index contributed by atoms with van der Waals surface area (Å²) in [5, 5.41) is 3.66. The van der Waals surface area contributed by atoms with Crippen molar-refractivity contribution < 1.29 is 4.74 Å². The second-order valence-electron chi connectivity index (χ2n) is 5.49. The van der Waals surface area contributed by atoms with Crippen LogP contribution in [-0.2, 0) is 6.42 Å². The topological polar surface area (TPSA) is 21.3 Å². The molecule has 0 aliphatic carbocycles. The largest absolute Gasteiger partial charge is 0.497 e. The highest BCUT2D eigenvalue weighted by Gasteiger charge is 2.23. The summed E-state index contributed by atoms with van der Waals surface area (Å²) in [7, 11) is 1.73. The summed E-state index contributed by atoms with van der Waals surface area (Å²) in [5.74, 6) is 0.949. The molecule has 1 N–H and O–H groups in total. The first kappa shape index (κ1) is 13.2. The highest BCUT2D eigenvalue weighted by Crippen LogP contribution is 2.33. The first-order chi connectivity index (χ1) is 9.70. The van der Waals surface area contributed by atoms with Crippen molar-refractivity contribution in [1.29, 1.82) is 0 Å². The number of fused-ring (bicyclic) bond motifs is 1. The van der Waals surface area contributed by atoms with Gasteiger partial charge in [-0.1, -0.05) is 24.3 Å². The molecule has 2 aromatic rings. The van der Waals surface area contributed by atoms with E-state index in [9.17, 15) is 0 Å². The number of rotatable bonds is 2. The van der Waals surface area contributed by atoms with E-state index in [1.54, 1.807) is 7.11 Å². The van der Waals surface area contributed by atoms with Crippen LogP contribution in [0.1, 0.15) is 33.9 Å². The van der Waals surface area contributed by atoms with Crippen molar-refractivity contribution in [3.8, 4) is 5.75 Å². The number of aryl methyl sites for hydroxylation is 1. The maximum atomic E-state index is 5.34. The van der Waals surface area contributed by atoms with E-state index in [0.717, 1.165) is 18.7 Å². The minimum absolute atomic E-state index is 0.296. The minimum atomic E-state index is 0.296. The second-order valence-corrected chi connectivity index (χ2v) is 5.49. The van der Waals surface area contributed by atoms with Gasteiger partial charge in [0.25, 0.3) is 0 Å². The molecule has 0 amide bonds. The molecule has 3 rings (SSSR count). The van der Waals surface area contributed by atoms with E-state index in [1.165, 1.54) is 27.8 Å². The fourth-order valence-corrected chi connectivity index (χ4v) is 3.03. The van der Waals surface area contributed by atoms with Crippen LogP contribution in [0.15, 0.2) is 36.4 Å². The highest BCUT2D eigenvalue weighted by atomic mass is 16.5. The van der Waals surface area contributed by atoms with E-state index in [4.69, 9.17) is 4.74 Å². The predicted molar refractivity (Wildman–Crippen MR) is 82.5 cm³/mol. The summed E-state index contributed by atoms with van der Waals surface area (Å²) < 4.78 is 5.34. The van der Waals surface area contributed by atoms with Gasteiger partial charge in [0, 0.05) is 6.54 Å². The van der Waals surface area contributed by atoms with Gasteiger partial charge in [0.05, 0.1) is 13.2 Å². The Hall–Kier alpha value is -1.80. The van der Waals surface area contributed by atoms with Crippen LogP contribution in [0.2, 0.25) is 0 Å². The van der Waals surface area contributed by atoms with Gasteiger partial charge in [-0.15, -0.1) is 0 Å². The van der Waals surface area contributed by atoms with Crippen molar-refractivity contribution in [2.75, 3.05) is 13.7 Å². The molecule has 0 spiro atoms. The Morgan fingerprint density at radius 1 is 1.10 bits per heavy atom. The lowest BCUT2D eigenvalue weighted by molar-refractivity contribution is 0.413. The third kappa shape index (κ3) is 2.20. The van der Waals surface area contributed by atoms with E-state index in [-0.39, 0.29) is 0 Å². The van der Waals surface area contributed by atoms with Gasteiger partial charge < -0.3 is 10.1 Å². The third-order valence-corrected chi connectivity index (χ3v) is 4.36. The molecule has 20 heavy (non-hydrogen) atoms. The van der Waals surface area contributed by atoms with E-state index < -0.39 is 0 Å². The molecule has 0 fully saturated rings. The molecule has 0 saturated carbocycles. The standard InChI is InChI=1S/C18H21NO/c1-12-5-4-6-16(13(12)2)18-17-8-7-15(20-3)11-14(17)9-10-19-18/h4-8,11,18-19H,9-10H2,1-3H3. The van der Waals surface area contributed by atoms with E-state index in [0.29, 0.717) is 6.04 Å². The molecular formula is C18H21NO. The second kappa shape index (κ2) is 5.29. The Balaban J connectivity index is 2.08. The summed E-state index contributed by atoms with van der Waals surface area (Å²) >= 11 is 0. The van der Waals surface area contributed by atoms with Crippen LogP contribution in [-0.4, -0.2) is 13.7 Å². The van der Waals surface area contributed by atoms with Crippen LogP contribution in [0.25, 0.3) is 0 Å². The SMILES string of the molecule is COc1ccc2c(c1)CCNC2c1cccc(C)c1C. The van der Waals surface area contributed by atoms with Crippen molar-refractivity contribution in [1.82, 2.24) is 5.32 Å². The zero-order valence-electron chi connectivity index (χ0n) is 12.4. The fourth-order valence-electron chi connectivity index (χ4n) is 3.03. The van der Waals surface area contributed by atoms with Crippen molar-refractivity contribution in [2.24, 2.45) is 0 Å². The van der Waals surface area contributed by atoms with Crippen molar-refractivity contribution in [3.63, 3.8) is 0 Å². The molecule has 1 heterocycles. The lowest BCUT2D eigenvalue weighted by Crippen LogP contribution is -2.31. The van der Waals surface area contributed by atoms with Gasteiger partial charge in [0.15, 0.2) is 0 Å². The van der Waals surface area contributed by atoms with Gasteiger partial charge in [0.1, 0.15) is 5.75 Å². The van der Waals surface area contributed by atoms with Crippen molar-refractivity contribution >= 4 is 0 Å². The van der Waals surface area contributed by atoms with Crippen LogP contribution in [0.3, 0.4) is 0 Å². The van der Waals surface area contributed by atoms with Crippen LogP contribution in [0.4, 0.5) is 0 Å². The zero-order chi connectivity index (χ0) is 14.1. The molecule has 104 valence electrons. The number of methoxy groups -OCH3 is 1. The normalized spacial score (nSPS) is 17.6. The van der Waals surface area contributed by atoms with Crippen LogP contribution >= 0.6 is 0 Å². The number of hydrogen-bond acceptors (Lipinski definition) is 2. The number of nitrogens with one attached hydrogen (secondary N) is 1. The highest BCUT2D eigenvalue weighted by molar-refractivity contribution is 5.46. The van der Waals surface area contributed by atoms with Gasteiger partial charge in [-0.3, -0.25) is 0 Å². The Morgan fingerprint density at radius 3 is 2.75 bits per heavy atom. The molecule has 1 aliphatic heterocycles. The Kier molecular flexibility index (Phi) is 3.49. The van der Waals surface area contributed by atoms with Crippen molar-refractivity contribution in [3.05, 3.63) is 64.2 Å². The van der Waals surface area contributed by atoms with E-state index in [2.05, 4.69) is 55.6 Å². The molecule has 0 bridgehead atoms. The van der Waals surface area contributed by atoms with E-state index in [1.807, 2.05) is 0 Å². The monoisotopic (exact) mass is 267 g/mol. The Bertz CT molecular complexity index is 633. The zero-order valence-corrected chi connectivity index (χ0v) is 12.4. The smallest absolute Gasteiger partial charge is 0.119 e. The van der Waals surface area contributed by atoms with E-state index >= 15 is 0 Å². The molecule has 0 saturated heterocycles. The summed E-state index contributed by atoms with van der Waals surface area (Å²) in [4.78, 5) is 0. The number of ether oxygens (including phenoxy) is 1. The maximum absolute atomic E-state index is 5.34. The first-order valence-electron chi connectivity index (χ1n) is 7.17. The molecular weight excluding hydrogens is 246 g/mol. The lowest BCUT2D eigenvalue weighted by Gasteiger charge is -2.29. The lowest BCUT2D eigenvalue weighted by atomic mass is 9.87. The summed E-state index contributed by atoms with van der Waals surface area (Å²) in [6, 6.07) is 13.3. The summed E-state index contributed by atoms with van der Waals surface area (Å²) in [6.45, 7) is 5.40. The Labute approximate surface area is 120 Å². The quantitative estimate of drug-likeness (QED) is 0.898. The molecule has 0 radical (unpaired) electrons. The van der Waals surface area contributed by atoms with Gasteiger partial charge in [-0.25, -0.2) is 0 Å². The van der Waals surface area contributed by atoms with Crippen LogP contribution < -0.4 is 10.1 Å². The molecule has 0 aromatic heterocycles. The minimum Gasteiger partial charge on any atom is -0.497 e.